The SMILES string of the molecule is CCOCC(O)Cc1c(Cl)cccc1Cl. The van der Waals surface area contributed by atoms with Crippen LogP contribution in [0.5, 0.6) is 0 Å². The van der Waals surface area contributed by atoms with E-state index in [1.165, 1.54) is 0 Å². The van der Waals surface area contributed by atoms with Gasteiger partial charge in [0, 0.05) is 23.1 Å². The fraction of sp³-hybridized carbons (Fsp3) is 0.455. The molecule has 0 aliphatic carbocycles. The maximum atomic E-state index is 9.64. The van der Waals surface area contributed by atoms with Crippen molar-refractivity contribution in [2.75, 3.05) is 13.2 Å². The molecule has 0 aromatic heterocycles. The van der Waals surface area contributed by atoms with E-state index < -0.39 is 6.10 Å². The summed E-state index contributed by atoms with van der Waals surface area (Å²) in [7, 11) is 0. The van der Waals surface area contributed by atoms with Crippen LogP contribution in [-0.2, 0) is 11.2 Å². The summed E-state index contributed by atoms with van der Waals surface area (Å²) in [5.74, 6) is 0. The highest BCUT2D eigenvalue weighted by Gasteiger charge is 2.11. The van der Waals surface area contributed by atoms with Crippen molar-refractivity contribution in [3.63, 3.8) is 0 Å². The lowest BCUT2D eigenvalue weighted by atomic mass is 10.1. The van der Waals surface area contributed by atoms with Crippen LogP contribution in [-0.4, -0.2) is 24.4 Å². The van der Waals surface area contributed by atoms with Gasteiger partial charge in [-0.05, 0) is 24.6 Å². The van der Waals surface area contributed by atoms with Crippen LogP contribution in [0.15, 0.2) is 18.2 Å². The Morgan fingerprint density at radius 3 is 2.47 bits per heavy atom. The molecule has 0 bridgehead atoms. The van der Waals surface area contributed by atoms with E-state index in [-0.39, 0.29) is 0 Å². The number of benzene rings is 1. The summed E-state index contributed by atoms with van der Waals surface area (Å²) < 4.78 is 5.11. The van der Waals surface area contributed by atoms with Gasteiger partial charge in [0.1, 0.15) is 0 Å². The molecule has 0 amide bonds. The van der Waals surface area contributed by atoms with Gasteiger partial charge >= 0.3 is 0 Å². The summed E-state index contributed by atoms with van der Waals surface area (Å²) in [5.41, 5.74) is 0.771. The van der Waals surface area contributed by atoms with Crippen LogP contribution in [0.2, 0.25) is 10.0 Å². The smallest absolute Gasteiger partial charge is 0.0814 e. The predicted octanol–water partition coefficient (Wildman–Crippen LogP) is 2.93. The zero-order valence-corrected chi connectivity index (χ0v) is 10.1. The highest BCUT2D eigenvalue weighted by molar-refractivity contribution is 6.35. The maximum Gasteiger partial charge on any atom is 0.0814 e. The summed E-state index contributed by atoms with van der Waals surface area (Å²) in [4.78, 5) is 0. The molecule has 0 saturated carbocycles. The van der Waals surface area contributed by atoms with E-state index >= 15 is 0 Å². The van der Waals surface area contributed by atoms with Crippen molar-refractivity contribution in [1.29, 1.82) is 0 Å². The standard InChI is InChI=1S/C11H14Cl2O2/c1-2-15-7-8(14)6-9-10(12)4-3-5-11(9)13/h3-5,8,14H,2,6-7H2,1H3. The topological polar surface area (TPSA) is 29.5 Å². The average Bonchev–Trinajstić information content (AvgIpc) is 2.21. The molecule has 1 N–H and O–H groups in total. The molecule has 0 spiro atoms. The Kier molecular flexibility index (Phi) is 5.40. The number of aliphatic hydroxyl groups is 1. The van der Waals surface area contributed by atoms with E-state index in [1.54, 1.807) is 18.2 Å². The largest absolute Gasteiger partial charge is 0.390 e. The first-order valence-electron chi connectivity index (χ1n) is 4.83. The fourth-order valence-electron chi connectivity index (χ4n) is 1.28. The Balaban J connectivity index is 2.63. The van der Waals surface area contributed by atoms with Crippen molar-refractivity contribution in [2.24, 2.45) is 0 Å². The molecule has 1 rings (SSSR count). The Morgan fingerprint density at radius 1 is 1.33 bits per heavy atom. The van der Waals surface area contributed by atoms with Crippen LogP contribution >= 0.6 is 23.2 Å². The maximum absolute atomic E-state index is 9.64. The second-order valence-electron chi connectivity index (χ2n) is 3.22. The third kappa shape index (κ3) is 3.99. The third-order valence-corrected chi connectivity index (χ3v) is 2.72. The van der Waals surface area contributed by atoms with Crippen LogP contribution in [0.3, 0.4) is 0 Å². The molecule has 0 saturated heterocycles. The Bertz CT molecular complexity index is 295. The molecule has 84 valence electrons. The number of ether oxygens (including phenoxy) is 1. The van der Waals surface area contributed by atoms with Gasteiger partial charge in [-0.25, -0.2) is 0 Å². The summed E-state index contributed by atoms with van der Waals surface area (Å²) in [5, 5.41) is 10.8. The molecule has 1 atom stereocenters. The zero-order chi connectivity index (χ0) is 11.3. The Hall–Kier alpha value is -0.280. The molecule has 1 aromatic carbocycles. The quantitative estimate of drug-likeness (QED) is 0.869. The normalized spacial score (nSPS) is 12.8. The first kappa shape index (κ1) is 12.8. The van der Waals surface area contributed by atoms with Gasteiger partial charge in [-0.3, -0.25) is 0 Å². The molecule has 0 radical (unpaired) electrons. The van der Waals surface area contributed by atoms with Crippen LogP contribution in [0.25, 0.3) is 0 Å². The lowest BCUT2D eigenvalue weighted by molar-refractivity contribution is 0.0430. The zero-order valence-electron chi connectivity index (χ0n) is 8.54. The summed E-state index contributed by atoms with van der Waals surface area (Å²) in [6.45, 7) is 2.78. The molecule has 2 nitrogen and oxygen atoms in total. The van der Waals surface area contributed by atoms with Crippen molar-refractivity contribution in [3.8, 4) is 0 Å². The van der Waals surface area contributed by atoms with Gasteiger partial charge in [0.15, 0.2) is 0 Å². The van der Waals surface area contributed by atoms with Crippen molar-refractivity contribution in [1.82, 2.24) is 0 Å². The van der Waals surface area contributed by atoms with Crippen molar-refractivity contribution >= 4 is 23.2 Å². The third-order valence-electron chi connectivity index (χ3n) is 2.02. The minimum absolute atomic E-state index is 0.304. The van der Waals surface area contributed by atoms with Gasteiger partial charge in [0.05, 0.1) is 12.7 Å². The van der Waals surface area contributed by atoms with Crippen LogP contribution in [0, 0.1) is 0 Å². The summed E-state index contributed by atoms with van der Waals surface area (Å²) in [6, 6.07) is 5.30. The predicted molar refractivity (Wildman–Crippen MR) is 62.7 cm³/mol. The highest BCUT2D eigenvalue weighted by atomic mass is 35.5. The lowest BCUT2D eigenvalue weighted by Crippen LogP contribution is -2.18. The second kappa shape index (κ2) is 6.33. The second-order valence-corrected chi connectivity index (χ2v) is 4.03. The number of hydrogen-bond acceptors (Lipinski definition) is 2. The summed E-state index contributed by atoms with van der Waals surface area (Å²) >= 11 is 11.9. The molecule has 1 unspecified atom stereocenters. The van der Waals surface area contributed by atoms with E-state index in [0.29, 0.717) is 29.7 Å². The van der Waals surface area contributed by atoms with Gasteiger partial charge in [0.25, 0.3) is 0 Å². The molecule has 0 aliphatic rings. The monoisotopic (exact) mass is 248 g/mol. The number of halogens is 2. The summed E-state index contributed by atoms with van der Waals surface area (Å²) in [6.07, 6.45) is -0.152. The molecule has 0 heterocycles. The Labute approximate surface area is 99.8 Å². The molecular weight excluding hydrogens is 235 g/mol. The minimum atomic E-state index is -0.567. The van der Waals surface area contributed by atoms with Gasteiger partial charge < -0.3 is 9.84 Å². The minimum Gasteiger partial charge on any atom is -0.390 e. The highest BCUT2D eigenvalue weighted by Crippen LogP contribution is 2.25. The lowest BCUT2D eigenvalue weighted by Gasteiger charge is -2.12. The average molecular weight is 249 g/mol. The fourth-order valence-corrected chi connectivity index (χ4v) is 1.83. The van der Waals surface area contributed by atoms with E-state index in [4.69, 9.17) is 27.9 Å². The van der Waals surface area contributed by atoms with Gasteiger partial charge in [-0.15, -0.1) is 0 Å². The van der Waals surface area contributed by atoms with Gasteiger partial charge in [-0.2, -0.15) is 0 Å². The van der Waals surface area contributed by atoms with E-state index in [9.17, 15) is 5.11 Å². The van der Waals surface area contributed by atoms with Crippen molar-refractivity contribution in [3.05, 3.63) is 33.8 Å². The first-order chi connectivity index (χ1) is 7.15. The van der Waals surface area contributed by atoms with Gasteiger partial charge in [-0.1, -0.05) is 29.3 Å². The van der Waals surface area contributed by atoms with E-state index in [1.807, 2.05) is 6.92 Å². The number of hydrogen-bond donors (Lipinski definition) is 1. The Morgan fingerprint density at radius 2 is 1.93 bits per heavy atom. The number of aliphatic hydroxyl groups excluding tert-OH is 1. The van der Waals surface area contributed by atoms with Crippen molar-refractivity contribution < 1.29 is 9.84 Å². The molecule has 4 heteroatoms. The molecule has 0 fully saturated rings. The molecule has 15 heavy (non-hydrogen) atoms. The first-order valence-corrected chi connectivity index (χ1v) is 5.59. The van der Waals surface area contributed by atoms with E-state index in [2.05, 4.69) is 0 Å². The molecule has 1 aromatic rings. The van der Waals surface area contributed by atoms with Crippen molar-refractivity contribution in [2.45, 2.75) is 19.4 Å². The van der Waals surface area contributed by atoms with Crippen LogP contribution in [0.1, 0.15) is 12.5 Å². The molecule has 0 aliphatic heterocycles. The number of rotatable bonds is 5. The van der Waals surface area contributed by atoms with Gasteiger partial charge in [0.2, 0.25) is 0 Å². The van der Waals surface area contributed by atoms with E-state index in [0.717, 1.165) is 5.56 Å². The van der Waals surface area contributed by atoms with Crippen LogP contribution in [0.4, 0.5) is 0 Å². The van der Waals surface area contributed by atoms with Crippen LogP contribution < -0.4 is 0 Å². The molecular formula is C11H14Cl2O2.